The first-order chi connectivity index (χ1) is 9.36. The normalized spacial score (nSPS) is 14.4. The van der Waals surface area contributed by atoms with Crippen LogP contribution in [-0.4, -0.2) is 20.6 Å². The molecule has 2 rings (SSSR count). The van der Waals surface area contributed by atoms with E-state index in [0.29, 0.717) is 12.2 Å². The van der Waals surface area contributed by atoms with Gasteiger partial charge in [0.2, 0.25) is 0 Å². The van der Waals surface area contributed by atoms with Gasteiger partial charge in [-0.1, -0.05) is 6.92 Å². The van der Waals surface area contributed by atoms with Crippen LogP contribution in [0.2, 0.25) is 0 Å². The maximum absolute atomic E-state index is 11.4. The largest absolute Gasteiger partial charge is 0.480 e. The molecule has 1 heterocycles. The second-order valence-electron chi connectivity index (χ2n) is 5.29. The summed E-state index contributed by atoms with van der Waals surface area (Å²) >= 11 is 0. The van der Waals surface area contributed by atoms with Gasteiger partial charge in [-0.3, -0.25) is 0 Å². The summed E-state index contributed by atoms with van der Waals surface area (Å²) in [6, 6.07) is 3.03. The summed E-state index contributed by atoms with van der Waals surface area (Å²) in [6.45, 7) is 7.66. The Morgan fingerprint density at radius 1 is 1.40 bits per heavy atom. The Balaban J connectivity index is 2.77. The van der Waals surface area contributed by atoms with Crippen LogP contribution < -0.4 is 5.73 Å². The minimum absolute atomic E-state index is 0.259. The number of imidazole rings is 1. The van der Waals surface area contributed by atoms with Crippen LogP contribution in [0.1, 0.15) is 49.3 Å². The van der Waals surface area contributed by atoms with Gasteiger partial charge in [0, 0.05) is 0 Å². The van der Waals surface area contributed by atoms with Gasteiger partial charge in [-0.25, -0.2) is 9.78 Å². The molecule has 0 bridgehead atoms. The summed E-state index contributed by atoms with van der Waals surface area (Å²) in [6.07, 6.45) is 0.716. The molecule has 5 nitrogen and oxygen atoms in total. The number of fused-ring (bicyclic) bond motifs is 1. The Kier molecular flexibility index (Phi) is 3.81. The topological polar surface area (TPSA) is 81.1 Å². The summed E-state index contributed by atoms with van der Waals surface area (Å²) in [5, 5.41) is 9.33. The van der Waals surface area contributed by atoms with Crippen LogP contribution in [0, 0.1) is 13.8 Å². The monoisotopic (exact) mass is 275 g/mol. The van der Waals surface area contributed by atoms with Crippen molar-refractivity contribution in [1.82, 2.24) is 9.55 Å². The Labute approximate surface area is 118 Å². The summed E-state index contributed by atoms with van der Waals surface area (Å²) in [5.41, 5.74) is 10.00. The van der Waals surface area contributed by atoms with E-state index < -0.39 is 12.0 Å². The molecule has 0 aliphatic rings. The number of hydrogen-bond donors (Lipinski definition) is 2. The molecule has 108 valence electrons. The average molecular weight is 275 g/mol. The van der Waals surface area contributed by atoms with Gasteiger partial charge in [0.25, 0.3) is 0 Å². The number of aryl methyl sites for hydroxylation is 2. The molecule has 2 unspecified atom stereocenters. The third kappa shape index (κ3) is 2.29. The molecule has 3 N–H and O–H groups in total. The molecule has 1 aromatic carbocycles. The third-order valence-corrected chi connectivity index (χ3v) is 3.85. The fourth-order valence-corrected chi connectivity index (χ4v) is 2.33. The number of rotatable bonds is 4. The van der Waals surface area contributed by atoms with Crippen molar-refractivity contribution in [2.75, 3.05) is 0 Å². The lowest BCUT2D eigenvalue weighted by Gasteiger charge is -2.17. The van der Waals surface area contributed by atoms with Gasteiger partial charge in [0.1, 0.15) is 11.9 Å². The summed E-state index contributed by atoms with van der Waals surface area (Å²) < 4.78 is 1.75. The van der Waals surface area contributed by atoms with E-state index in [4.69, 9.17) is 5.73 Å². The zero-order valence-electron chi connectivity index (χ0n) is 12.3. The van der Waals surface area contributed by atoms with Gasteiger partial charge in [-0.05, 0) is 50.5 Å². The number of benzene rings is 1. The molecule has 0 saturated heterocycles. The third-order valence-electron chi connectivity index (χ3n) is 3.85. The number of nitrogens with zero attached hydrogens (tertiary/aromatic N) is 2. The number of carboxylic acids is 1. The number of carboxylic acid groups (broad SMARTS) is 1. The summed E-state index contributed by atoms with van der Waals surface area (Å²) in [4.78, 5) is 15.9. The van der Waals surface area contributed by atoms with E-state index in [9.17, 15) is 9.90 Å². The highest BCUT2D eigenvalue weighted by Crippen LogP contribution is 2.27. The minimum Gasteiger partial charge on any atom is -0.480 e. The molecular formula is C15H21N3O2. The molecule has 0 amide bonds. The van der Waals surface area contributed by atoms with Gasteiger partial charge in [0.15, 0.2) is 0 Å². The predicted molar refractivity (Wildman–Crippen MR) is 78.8 cm³/mol. The number of hydrogen-bond acceptors (Lipinski definition) is 3. The molecule has 5 heteroatoms. The first kappa shape index (κ1) is 14.5. The van der Waals surface area contributed by atoms with Crippen LogP contribution in [0.15, 0.2) is 12.1 Å². The molecule has 0 spiro atoms. The van der Waals surface area contributed by atoms with Crippen molar-refractivity contribution >= 4 is 17.0 Å². The smallest absolute Gasteiger partial charge is 0.326 e. The van der Waals surface area contributed by atoms with Crippen molar-refractivity contribution in [3.8, 4) is 0 Å². The molecule has 0 aliphatic carbocycles. The summed E-state index contributed by atoms with van der Waals surface area (Å²) in [7, 11) is 0. The SMILES string of the molecule is CCC(N)c1nc2cc(C)c(C)cc2n1C(C)C(=O)O. The Bertz CT molecular complexity index is 661. The molecule has 1 aromatic heterocycles. The Morgan fingerprint density at radius 3 is 2.55 bits per heavy atom. The minimum atomic E-state index is -0.882. The summed E-state index contributed by atoms with van der Waals surface area (Å²) in [5.74, 6) is -0.241. The van der Waals surface area contributed by atoms with Crippen LogP contribution in [0.5, 0.6) is 0 Å². The molecule has 0 radical (unpaired) electrons. The number of aromatic nitrogens is 2. The van der Waals surface area contributed by atoms with Crippen molar-refractivity contribution in [3.63, 3.8) is 0 Å². The predicted octanol–water partition coefficient (Wildman–Crippen LogP) is 2.71. The van der Waals surface area contributed by atoms with Crippen LogP contribution in [0.4, 0.5) is 0 Å². The van der Waals surface area contributed by atoms with Gasteiger partial charge in [-0.2, -0.15) is 0 Å². The highest BCUT2D eigenvalue weighted by atomic mass is 16.4. The lowest BCUT2D eigenvalue weighted by molar-refractivity contribution is -0.140. The molecule has 2 atom stereocenters. The van der Waals surface area contributed by atoms with Crippen molar-refractivity contribution in [1.29, 1.82) is 0 Å². The van der Waals surface area contributed by atoms with Crippen LogP contribution in [-0.2, 0) is 4.79 Å². The van der Waals surface area contributed by atoms with E-state index in [2.05, 4.69) is 4.98 Å². The van der Waals surface area contributed by atoms with Gasteiger partial charge >= 0.3 is 5.97 Å². The first-order valence-corrected chi connectivity index (χ1v) is 6.84. The van der Waals surface area contributed by atoms with Crippen LogP contribution in [0.25, 0.3) is 11.0 Å². The number of nitrogens with two attached hydrogens (primary N) is 1. The van der Waals surface area contributed by atoms with Crippen LogP contribution in [0.3, 0.4) is 0 Å². The van der Waals surface area contributed by atoms with Crippen molar-refractivity contribution in [2.24, 2.45) is 5.73 Å². The Hall–Kier alpha value is -1.88. The second kappa shape index (κ2) is 5.25. The van der Waals surface area contributed by atoms with Gasteiger partial charge in [0.05, 0.1) is 17.1 Å². The molecule has 2 aromatic rings. The molecular weight excluding hydrogens is 254 g/mol. The van der Waals surface area contributed by atoms with E-state index in [1.54, 1.807) is 11.5 Å². The zero-order chi connectivity index (χ0) is 15.0. The highest BCUT2D eigenvalue weighted by Gasteiger charge is 2.23. The quantitative estimate of drug-likeness (QED) is 0.899. The van der Waals surface area contributed by atoms with Crippen LogP contribution >= 0.6 is 0 Å². The van der Waals surface area contributed by atoms with E-state index in [-0.39, 0.29) is 6.04 Å². The average Bonchev–Trinajstić information content (AvgIpc) is 2.75. The zero-order valence-corrected chi connectivity index (χ0v) is 12.3. The van der Waals surface area contributed by atoms with E-state index in [0.717, 1.165) is 22.2 Å². The van der Waals surface area contributed by atoms with Crippen molar-refractivity contribution in [2.45, 2.75) is 46.2 Å². The fraction of sp³-hybridized carbons (Fsp3) is 0.467. The highest BCUT2D eigenvalue weighted by molar-refractivity contribution is 5.81. The fourth-order valence-electron chi connectivity index (χ4n) is 2.33. The van der Waals surface area contributed by atoms with E-state index >= 15 is 0 Å². The van der Waals surface area contributed by atoms with E-state index in [1.165, 1.54) is 0 Å². The first-order valence-electron chi connectivity index (χ1n) is 6.84. The van der Waals surface area contributed by atoms with Crippen molar-refractivity contribution in [3.05, 3.63) is 29.1 Å². The molecule has 0 aliphatic heterocycles. The molecule has 0 saturated carbocycles. The van der Waals surface area contributed by atoms with Crippen molar-refractivity contribution < 1.29 is 9.90 Å². The standard InChI is InChI=1S/C15H21N3O2/c1-5-11(16)14-17-12-6-8(2)9(3)7-13(12)18(14)10(4)15(19)20/h6-7,10-11H,5,16H2,1-4H3,(H,19,20). The van der Waals surface area contributed by atoms with E-state index in [1.807, 2.05) is 32.9 Å². The number of aliphatic carboxylic acids is 1. The van der Waals surface area contributed by atoms with Gasteiger partial charge < -0.3 is 15.4 Å². The molecule has 0 fully saturated rings. The molecule has 20 heavy (non-hydrogen) atoms. The number of carbonyl (C=O) groups is 1. The van der Waals surface area contributed by atoms with Gasteiger partial charge in [-0.15, -0.1) is 0 Å². The Morgan fingerprint density at radius 2 is 2.00 bits per heavy atom. The second-order valence-corrected chi connectivity index (χ2v) is 5.29. The maximum Gasteiger partial charge on any atom is 0.326 e. The lowest BCUT2D eigenvalue weighted by Crippen LogP contribution is -2.22. The maximum atomic E-state index is 11.4. The lowest BCUT2D eigenvalue weighted by atomic mass is 10.1.